The molecule has 0 saturated heterocycles. The Bertz CT molecular complexity index is 622. The highest BCUT2D eigenvalue weighted by molar-refractivity contribution is 6.32. The Morgan fingerprint density at radius 2 is 1.81 bits per heavy atom. The van der Waals surface area contributed by atoms with Crippen molar-refractivity contribution in [3.8, 4) is 11.5 Å². The maximum Gasteiger partial charge on any atom is 0.167 e. The fourth-order valence-corrected chi connectivity index (χ4v) is 1.98. The molecule has 0 aliphatic rings. The number of nitrogens with one attached hydrogen (secondary N) is 1. The molecule has 2 nitrogen and oxygen atoms in total. The van der Waals surface area contributed by atoms with Gasteiger partial charge in [0.15, 0.2) is 11.6 Å². The van der Waals surface area contributed by atoms with Crippen molar-refractivity contribution in [2.24, 2.45) is 0 Å². The summed E-state index contributed by atoms with van der Waals surface area (Å²) in [5, 5.41) is 3.78. The van der Waals surface area contributed by atoms with Crippen LogP contribution in [0.5, 0.6) is 11.5 Å². The van der Waals surface area contributed by atoms with Crippen LogP contribution in [0.15, 0.2) is 42.5 Å². The molecule has 112 valence electrons. The molecule has 2 aromatic carbocycles. The highest BCUT2D eigenvalue weighted by atomic mass is 35.5. The summed E-state index contributed by atoms with van der Waals surface area (Å²) in [6, 6.07) is 11.9. The summed E-state index contributed by atoms with van der Waals surface area (Å²) in [4.78, 5) is 0. The number of para-hydroxylation sites is 2. The van der Waals surface area contributed by atoms with E-state index < -0.39 is 5.82 Å². The molecule has 2 aromatic rings. The maximum absolute atomic E-state index is 14.1. The lowest BCUT2D eigenvalue weighted by Crippen LogP contribution is -2.35. The Hall–Kier alpha value is -1.58. The van der Waals surface area contributed by atoms with Gasteiger partial charge in [-0.05, 0) is 39.0 Å². The highest BCUT2D eigenvalue weighted by Gasteiger charge is 2.15. The molecule has 0 heterocycles. The van der Waals surface area contributed by atoms with Crippen LogP contribution in [0.4, 0.5) is 4.39 Å². The molecular weight excluding hydrogens is 289 g/mol. The molecule has 21 heavy (non-hydrogen) atoms. The van der Waals surface area contributed by atoms with Crippen LogP contribution in [0.2, 0.25) is 5.02 Å². The van der Waals surface area contributed by atoms with Gasteiger partial charge in [-0.15, -0.1) is 0 Å². The van der Waals surface area contributed by atoms with E-state index in [-0.39, 0.29) is 11.3 Å². The zero-order valence-corrected chi connectivity index (χ0v) is 13.2. The van der Waals surface area contributed by atoms with Gasteiger partial charge in [0.05, 0.1) is 5.02 Å². The number of rotatable bonds is 4. The van der Waals surface area contributed by atoms with Crippen molar-refractivity contribution in [3.05, 3.63) is 58.9 Å². The molecular formula is C17H19ClFNO. The van der Waals surface area contributed by atoms with Crippen LogP contribution in [-0.4, -0.2) is 5.54 Å². The van der Waals surface area contributed by atoms with Crippen LogP contribution in [0.1, 0.15) is 26.3 Å². The normalized spacial score (nSPS) is 11.5. The largest absolute Gasteiger partial charge is 0.452 e. The molecule has 0 radical (unpaired) electrons. The van der Waals surface area contributed by atoms with Gasteiger partial charge in [0, 0.05) is 17.6 Å². The molecule has 0 aromatic heterocycles. The van der Waals surface area contributed by atoms with Crippen molar-refractivity contribution in [3.63, 3.8) is 0 Å². The van der Waals surface area contributed by atoms with Crippen molar-refractivity contribution in [2.75, 3.05) is 0 Å². The van der Waals surface area contributed by atoms with E-state index >= 15 is 0 Å². The summed E-state index contributed by atoms with van der Waals surface area (Å²) >= 11 is 6.07. The van der Waals surface area contributed by atoms with Crippen LogP contribution in [0, 0.1) is 5.82 Å². The van der Waals surface area contributed by atoms with Gasteiger partial charge >= 0.3 is 0 Å². The van der Waals surface area contributed by atoms with Crippen LogP contribution in [0.25, 0.3) is 0 Å². The van der Waals surface area contributed by atoms with Gasteiger partial charge in [-0.2, -0.15) is 0 Å². The summed E-state index contributed by atoms with van der Waals surface area (Å²) in [7, 11) is 0. The van der Waals surface area contributed by atoms with E-state index in [0.29, 0.717) is 17.3 Å². The van der Waals surface area contributed by atoms with Crippen LogP contribution in [-0.2, 0) is 6.54 Å². The quantitative estimate of drug-likeness (QED) is 0.842. The lowest BCUT2D eigenvalue weighted by molar-refractivity contribution is 0.404. The van der Waals surface area contributed by atoms with Crippen molar-refractivity contribution < 1.29 is 9.13 Å². The second-order valence-corrected chi connectivity index (χ2v) is 6.27. The van der Waals surface area contributed by atoms with Gasteiger partial charge < -0.3 is 10.1 Å². The molecule has 0 aliphatic carbocycles. The molecule has 0 fully saturated rings. The van der Waals surface area contributed by atoms with E-state index in [4.69, 9.17) is 16.3 Å². The van der Waals surface area contributed by atoms with Gasteiger partial charge in [0.25, 0.3) is 0 Å². The minimum absolute atomic E-state index is 0.0615. The summed E-state index contributed by atoms with van der Waals surface area (Å²) in [5.74, 6) is 0.256. The first-order chi connectivity index (χ1) is 9.87. The monoisotopic (exact) mass is 307 g/mol. The first-order valence-electron chi connectivity index (χ1n) is 6.81. The van der Waals surface area contributed by atoms with Crippen molar-refractivity contribution in [2.45, 2.75) is 32.9 Å². The van der Waals surface area contributed by atoms with Crippen LogP contribution in [0.3, 0.4) is 0 Å². The summed E-state index contributed by atoms with van der Waals surface area (Å²) in [6.45, 7) is 6.68. The minimum Gasteiger partial charge on any atom is -0.452 e. The van der Waals surface area contributed by atoms with Gasteiger partial charge in [-0.1, -0.05) is 35.9 Å². The fraction of sp³-hybridized carbons (Fsp3) is 0.294. The predicted molar refractivity (Wildman–Crippen MR) is 84.5 cm³/mol. The van der Waals surface area contributed by atoms with Gasteiger partial charge in [-0.3, -0.25) is 0 Å². The Morgan fingerprint density at radius 3 is 2.48 bits per heavy atom. The number of halogens is 2. The first-order valence-corrected chi connectivity index (χ1v) is 7.19. The third-order valence-corrected chi connectivity index (χ3v) is 3.22. The molecule has 1 N–H and O–H groups in total. The molecule has 0 spiro atoms. The van der Waals surface area contributed by atoms with Crippen molar-refractivity contribution in [1.29, 1.82) is 0 Å². The Kier molecular flexibility index (Phi) is 4.86. The SMILES string of the molecule is CC(C)(C)NCc1cccc(F)c1Oc1ccccc1Cl. The van der Waals surface area contributed by atoms with E-state index in [1.54, 1.807) is 30.3 Å². The van der Waals surface area contributed by atoms with E-state index in [1.165, 1.54) is 6.07 Å². The lowest BCUT2D eigenvalue weighted by Gasteiger charge is -2.22. The van der Waals surface area contributed by atoms with Crippen LogP contribution < -0.4 is 10.1 Å². The predicted octanol–water partition coefficient (Wildman–Crippen LogP) is 5.16. The van der Waals surface area contributed by atoms with E-state index in [9.17, 15) is 4.39 Å². The molecule has 0 amide bonds. The third-order valence-electron chi connectivity index (χ3n) is 2.91. The Balaban J connectivity index is 2.28. The second kappa shape index (κ2) is 6.46. The average Bonchev–Trinajstić information content (AvgIpc) is 2.41. The molecule has 0 atom stereocenters. The summed E-state index contributed by atoms with van der Waals surface area (Å²) in [6.07, 6.45) is 0. The van der Waals surface area contributed by atoms with Gasteiger partial charge in [0.2, 0.25) is 0 Å². The third kappa shape index (κ3) is 4.45. The molecule has 0 aliphatic heterocycles. The topological polar surface area (TPSA) is 21.3 Å². The Morgan fingerprint density at radius 1 is 1.10 bits per heavy atom. The molecule has 0 saturated carbocycles. The lowest BCUT2D eigenvalue weighted by atomic mass is 10.1. The number of ether oxygens (including phenoxy) is 1. The average molecular weight is 308 g/mol. The number of hydrogen-bond donors (Lipinski definition) is 1. The van der Waals surface area contributed by atoms with Gasteiger partial charge in [0.1, 0.15) is 5.75 Å². The van der Waals surface area contributed by atoms with E-state index in [2.05, 4.69) is 26.1 Å². The van der Waals surface area contributed by atoms with Crippen molar-refractivity contribution >= 4 is 11.6 Å². The smallest absolute Gasteiger partial charge is 0.167 e. The zero-order valence-electron chi connectivity index (χ0n) is 12.4. The standard InChI is InChI=1S/C17H19ClFNO/c1-17(2,3)20-11-12-7-6-9-14(19)16(12)21-15-10-5-4-8-13(15)18/h4-10,20H,11H2,1-3H3. The van der Waals surface area contributed by atoms with Gasteiger partial charge in [-0.25, -0.2) is 4.39 Å². The molecule has 4 heteroatoms. The van der Waals surface area contributed by atoms with E-state index in [0.717, 1.165) is 5.56 Å². The first kappa shape index (κ1) is 15.8. The number of hydrogen-bond acceptors (Lipinski definition) is 2. The summed E-state index contributed by atoms with van der Waals surface area (Å²) in [5.41, 5.74) is 0.693. The second-order valence-electron chi connectivity index (χ2n) is 5.86. The molecule has 0 bridgehead atoms. The maximum atomic E-state index is 14.1. The van der Waals surface area contributed by atoms with Crippen LogP contribution >= 0.6 is 11.6 Å². The summed E-state index contributed by atoms with van der Waals surface area (Å²) < 4.78 is 19.8. The fourth-order valence-electron chi connectivity index (χ4n) is 1.80. The highest BCUT2D eigenvalue weighted by Crippen LogP contribution is 2.32. The number of benzene rings is 2. The van der Waals surface area contributed by atoms with E-state index in [1.807, 2.05) is 6.07 Å². The molecule has 0 unspecified atom stereocenters. The minimum atomic E-state index is -0.400. The zero-order chi connectivity index (χ0) is 15.5. The van der Waals surface area contributed by atoms with Crippen molar-refractivity contribution in [1.82, 2.24) is 5.32 Å². The Labute approximate surface area is 129 Å². The molecule has 2 rings (SSSR count).